The van der Waals surface area contributed by atoms with E-state index in [1.54, 1.807) is 11.3 Å². The second kappa shape index (κ2) is 3.13. The average molecular weight is 170 g/mol. The predicted molar refractivity (Wildman–Crippen MR) is 53.0 cm³/mol. The first kappa shape index (κ1) is 8.40. The van der Waals surface area contributed by atoms with Gasteiger partial charge in [-0.25, -0.2) is 0 Å². The van der Waals surface area contributed by atoms with Gasteiger partial charge in [-0.05, 0) is 0 Å². The number of thiophene rings is 1. The van der Waals surface area contributed by atoms with Crippen LogP contribution in [0.1, 0.15) is 0 Å². The molecule has 0 fully saturated rings. The van der Waals surface area contributed by atoms with Crippen LogP contribution < -0.4 is 9.80 Å². The summed E-state index contributed by atoms with van der Waals surface area (Å²) in [6, 6.07) is 0. The first-order valence-corrected chi connectivity index (χ1v) is 4.48. The SMILES string of the molecule is CN(C)c1cscc1N(C)C. The van der Waals surface area contributed by atoms with Crippen LogP contribution in [0.25, 0.3) is 0 Å². The Hall–Kier alpha value is -0.700. The van der Waals surface area contributed by atoms with Crippen LogP contribution in [-0.4, -0.2) is 28.2 Å². The van der Waals surface area contributed by atoms with Crippen molar-refractivity contribution in [3.63, 3.8) is 0 Å². The molecule has 0 bridgehead atoms. The van der Waals surface area contributed by atoms with Gasteiger partial charge in [0.25, 0.3) is 0 Å². The van der Waals surface area contributed by atoms with Gasteiger partial charge in [0.05, 0.1) is 11.4 Å². The van der Waals surface area contributed by atoms with E-state index in [2.05, 4.69) is 48.8 Å². The standard InChI is InChI=1S/C8H14N2S/c1-9(2)7-5-11-6-8(7)10(3)4/h5-6H,1-4H3. The molecule has 0 atom stereocenters. The van der Waals surface area contributed by atoms with Crippen molar-refractivity contribution < 1.29 is 0 Å². The molecule has 0 unspecified atom stereocenters. The molecule has 11 heavy (non-hydrogen) atoms. The highest BCUT2D eigenvalue weighted by atomic mass is 32.1. The molecule has 0 radical (unpaired) electrons. The van der Waals surface area contributed by atoms with Crippen molar-refractivity contribution in [1.82, 2.24) is 0 Å². The van der Waals surface area contributed by atoms with Crippen molar-refractivity contribution >= 4 is 22.7 Å². The lowest BCUT2D eigenvalue weighted by atomic mass is 10.4. The highest BCUT2D eigenvalue weighted by Crippen LogP contribution is 2.30. The lowest BCUT2D eigenvalue weighted by molar-refractivity contribution is 1.09. The largest absolute Gasteiger partial charge is 0.375 e. The van der Waals surface area contributed by atoms with E-state index in [0.717, 1.165) is 0 Å². The number of hydrogen-bond donors (Lipinski definition) is 0. The Morgan fingerprint density at radius 2 is 1.27 bits per heavy atom. The Kier molecular flexibility index (Phi) is 2.39. The maximum Gasteiger partial charge on any atom is 0.0707 e. The summed E-state index contributed by atoms with van der Waals surface area (Å²) in [7, 11) is 8.26. The van der Waals surface area contributed by atoms with Crippen molar-refractivity contribution in [2.45, 2.75) is 0 Å². The van der Waals surface area contributed by atoms with Gasteiger partial charge in [-0.1, -0.05) is 0 Å². The average Bonchev–Trinajstić information content (AvgIpc) is 2.32. The zero-order valence-electron chi connectivity index (χ0n) is 7.46. The molecule has 0 aliphatic heterocycles. The molecule has 1 aromatic heterocycles. The summed E-state index contributed by atoms with van der Waals surface area (Å²) < 4.78 is 0. The Morgan fingerprint density at radius 1 is 0.909 bits per heavy atom. The quantitative estimate of drug-likeness (QED) is 0.668. The molecular weight excluding hydrogens is 156 g/mol. The van der Waals surface area contributed by atoms with Crippen LogP contribution in [0.4, 0.5) is 11.4 Å². The van der Waals surface area contributed by atoms with Gasteiger partial charge in [0.2, 0.25) is 0 Å². The summed E-state index contributed by atoms with van der Waals surface area (Å²) in [5, 5.41) is 4.32. The number of anilines is 2. The van der Waals surface area contributed by atoms with E-state index >= 15 is 0 Å². The van der Waals surface area contributed by atoms with Crippen molar-refractivity contribution in [1.29, 1.82) is 0 Å². The van der Waals surface area contributed by atoms with E-state index in [-0.39, 0.29) is 0 Å². The van der Waals surface area contributed by atoms with E-state index in [4.69, 9.17) is 0 Å². The molecule has 0 saturated carbocycles. The van der Waals surface area contributed by atoms with Gasteiger partial charge in [-0.3, -0.25) is 0 Å². The van der Waals surface area contributed by atoms with E-state index in [9.17, 15) is 0 Å². The molecule has 0 aliphatic carbocycles. The fourth-order valence-electron chi connectivity index (χ4n) is 0.953. The fraction of sp³-hybridized carbons (Fsp3) is 0.500. The Bertz CT molecular complexity index is 205. The molecule has 1 aromatic rings. The monoisotopic (exact) mass is 170 g/mol. The molecule has 0 spiro atoms. The van der Waals surface area contributed by atoms with Gasteiger partial charge in [0.1, 0.15) is 0 Å². The molecule has 0 amide bonds. The van der Waals surface area contributed by atoms with Crippen molar-refractivity contribution in [2.24, 2.45) is 0 Å². The van der Waals surface area contributed by atoms with E-state index in [0.29, 0.717) is 0 Å². The van der Waals surface area contributed by atoms with E-state index in [1.165, 1.54) is 11.4 Å². The fourth-order valence-corrected chi connectivity index (χ4v) is 1.94. The van der Waals surface area contributed by atoms with E-state index in [1.807, 2.05) is 0 Å². The minimum atomic E-state index is 1.29. The third-order valence-electron chi connectivity index (χ3n) is 1.59. The van der Waals surface area contributed by atoms with Gasteiger partial charge in [0.15, 0.2) is 0 Å². The Morgan fingerprint density at radius 3 is 1.55 bits per heavy atom. The summed E-state index contributed by atoms with van der Waals surface area (Å²) in [5.74, 6) is 0. The van der Waals surface area contributed by atoms with Crippen LogP contribution >= 0.6 is 11.3 Å². The smallest absolute Gasteiger partial charge is 0.0707 e. The van der Waals surface area contributed by atoms with Gasteiger partial charge >= 0.3 is 0 Å². The molecule has 2 nitrogen and oxygen atoms in total. The predicted octanol–water partition coefficient (Wildman–Crippen LogP) is 1.88. The highest BCUT2D eigenvalue weighted by Gasteiger charge is 2.05. The van der Waals surface area contributed by atoms with Crippen LogP contribution in [0, 0.1) is 0 Å². The topological polar surface area (TPSA) is 6.48 Å². The zero-order valence-corrected chi connectivity index (χ0v) is 8.27. The van der Waals surface area contributed by atoms with Gasteiger partial charge in [-0.2, -0.15) is 0 Å². The molecular formula is C8H14N2S. The van der Waals surface area contributed by atoms with Gasteiger partial charge < -0.3 is 9.80 Å². The highest BCUT2D eigenvalue weighted by molar-refractivity contribution is 7.09. The maximum absolute atomic E-state index is 2.16. The van der Waals surface area contributed by atoms with Gasteiger partial charge in [0, 0.05) is 39.0 Å². The first-order chi connectivity index (χ1) is 5.13. The first-order valence-electron chi connectivity index (χ1n) is 3.53. The van der Waals surface area contributed by atoms with Crippen LogP contribution in [-0.2, 0) is 0 Å². The summed E-state index contributed by atoms with van der Waals surface area (Å²) >= 11 is 1.74. The molecule has 1 heterocycles. The second-order valence-electron chi connectivity index (χ2n) is 2.93. The second-order valence-corrected chi connectivity index (χ2v) is 3.67. The third-order valence-corrected chi connectivity index (χ3v) is 2.30. The van der Waals surface area contributed by atoms with Gasteiger partial charge in [-0.15, -0.1) is 11.3 Å². The van der Waals surface area contributed by atoms with E-state index < -0.39 is 0 Å². The van der Waals surface area contributed by atoms with Crippen molar-refractivity contribution in [2.75, 3.05) is 38.0 Å². The summed E-state index contributed by atoms with van der Waals surface area (Å²) in [6.45, 7) is 0. The molecule has 3 heteroatoms. The van der Waals surface area contributed by atoms with Crippen LogP contribution in [0.5, 0.6) is 0 Å². The zero-order chi connectivity index (χ0) is 8.43. The Labute approximate surface area is 72.1 Å². The lowest BCUT2D eigenvalue weighted by Crippen LogP contribution is -2.14. The summed E-state index contributed by atoms with van der Waals surface area (Å²) in [6.07, 6.45) is 0. The van der Waals surface area contributed by atoms with Crippen LogP contribution in [0.3, 0.4) is 0 Å². The Balaban J connectivity index is 2.96. The molecule has 0 aliphatic rings. The normalized spacial score (nSPS) is 9.82. The maximum atomic E-state index is 2.16. The number of rotatable bonds is 2. The third kappa shape index (κ3) is 1.66. The van der Waals surface area contributed by atoms with Crippen molar-refractivity contribution in [3.05, 3.63) is 10.8 Å². The van der Waals surface area contributed by atoms with Crippen LogP contribution in [0.2, 0.25) is 0 Å². The summed E-state index contributed by atoms with van der Waals surface area (Å²) in [5.41, 5.74) is 2.58. The number of hydrogen-bond acceptors (Lipinski definition) is 3. The minimum absolute atomic E-state index is 1.29. The molecule has 1 rings (SSSR count). The lowest BCUT2D eigenvalue weighted by Gasteiger charge is -2.18. The molecule has 0 aromatic carbocycles. The van der Waals surface area contributed by atoms with Crippen molar-refractivity contribution in [3.8, 4) is 0 Å². The minimum Gasteiger partial charge on any atom is -0.375 e. The molecule has 0 N–H and O–H groups in total. The molecule has 62 valence electrons. The number of nitrogens with zero attached hydrogens (tertiary/aromatic N) is 2. The molecule has 0 saturated heterocycles. The summed E-state index contributed by atoms with van der Waals surface area (Å²) in [4.78, 5) is 4.26. The van der Waals surface area contributed by atoms with Crippen LogP contribution in [0.15, 0.2) is 10.8 Å².